The molecule has 2 aromatic rings. The van der Waals surface area contributed by atoms with E-state index < -0.39 is 30.1 Å². The van der Waals surface area contributed by atoms with Crippen LogP contribution in [0.25, 0.3) is 0 Å². The van der Waals surface area contributed by atoms with Crippen molar-refractivity contribution in [2.75, 3.05) is 44.3 Å². The van der Waals surface area contributed by atoms with Crippen LogP contribution in [0.15, 0.2) is 54.6 Å². The van der Waals surface area contributed by atoms with Gasteiger partial charge in [-0.25, -0.2) is 4.79 Å². The Kier molecular flexibility index (Phi) is 14.5. The van der Waals surface area contributed by atoms with Gasteiger partial charge in [0.05, 0.1) is 19.3 Å². The van der Waals surface area contributed by atoms with Crippen LogP contribution in [-0.4, -0.2) is 75.4 Å². The van der Waals surface area contributed by atoms with Crippen LogP contribution in [-0.2, 0) is 41.6 Å². The normalized spacial score (nSPS) is 15.2. The van der Waals surface area contributed by atoms with Gasteiger partial charge in [0.25, 0.3) is 0 Å². The largest absolute Gasteiger partial charge is 0.465 e. The molecule has 3 rings (SSSR count). The smallest absolute Gasteiger partial charge is 0.407 e. The van der Waals surface area contributed by atoms with Gasteiger partial charge in [-0.05, 0) is 63.3 Å². The number of aryl methyl sites for hydroxylation is 1. The molecule has 2 atom stereocenters. The molecule has 0 aliphatic carbocycles. The molecular formula is C32H44N4O7. The number of ether oxygens (including phenoxy) is 3. The number of nitrogens with zero attached hydrogens (tertiary/aromatic N) is 1. The first-order valence-electron chi connectivity index (χ1n) is 15.1. The molecule has 43 heavy (non-hydrogen) atoms. The van der Waals surface area contributed by atoms with Gasteiger partial charge in [0.15, 0.2) is 0 Å². The number of benzene rings is 2. The van der Waals surface area contributed by atoms with E-state index in [0.717, 1.165) is 17.5 Å². The summed E-state index contributed by atoms with van der Waals surface area (Å²) in [4.78, 5) is 52.1. The maximum Gasteiger partial charge on any atom is 0.407 e. The van der Waals surface area contributed by atoms with Crippen LogP contribution in [0, 0.1) is 0 Å². The Labute approximate surface area is 253 Å². The molecule has 0 aromatic heterocycles. The SMILES string of the molecule is CCOC(=O)CN1C(=O)[C@@H](N[C@@H](CCCCNCCNC(=O)OCc2ccccc2)C(=O)OCC)CCc2ccccc21. The molecule has 1 aliphatic rings. The Bertz CT molecular complexity index is 1180. The van der Waals surface area contributed by atoms with E-state index in [1.54, 1.807) is 13.8 Å². The van der Waals surface area contributed by atoms with Crippen LogP contribution >= 0.6 is 0 Å². The second kappa shape index (κ2) is 18.6. The van der Waals surface area contributed by atoms with Gasteiger partial charge in [-0.15, -0.1) is 0 Å². The minimum atomic E-state index is -0.666. The number of carbonyl (C=O) groups excluding carboxylic acids is 4. The van der Waals surface area contributed by atoms with Crippen LogP contribution in [0.4, 0.5) is 10.5 Å². The third kappa shape index (κ3) is 11.3. The number of hydrogen-bond donors (Lipinski definition) is 3. The van der Waals surface area contributed by atoms with Crippen molar-refractivity contribution < 1.29 is 33.4 Å². The first kappa shape index (κ1) is 33.5. The van der Waals surface area contributed by atoms with E-state index in [0.29, 0.717) is 51.0 Å². The van der Waals surface area contributed by atoms with E-state index in [-0.39, 0.29) is 32.3 Å². The van der Waals surface area contributed by atoms with Crippen LogP contribution in [0.2, 0.25) is 0 Å². The van der Waals surface area contributed by atoms with Gasteiger partial charge in [-0.3, -0.25) is 24.6 Å². The predicted molar refractivity (Wildman–Crippen MR) is 162 cm³/mol. The summed E-state index contributed by atoms with van der Waals surface area (Å²) in [5, 5.41) is 9.24. The van der Waals surface area contributed by atoms with Gasteiger partial charge in [0, 0.05) is 18.8 Å². The van der Waals surface area contributed by atoms with E-state index >= 15 is 0 Å². The number of anilines is 1. The Morgan fingerprint density at radius 3 is 2.42 bits per heavy atom. The molecule has 234 valence electrons. The molecule has 0 bridgehead atoms. The lowest BCUT2D eigenvalue weighted by Gasteiger charge is -2.28. The van der Waals surface area contributed by atoms with E-state index in [1.165, 1.54) is 4.90 Å². The summed E-state index contributed by atoms with van der Waals surface area (Å²) >= 11 is 0. The summed E-state index contributed by atoms with van der Waals surface area (Å²) in [7, 11) is 0. The monoisotopic (exact) mass is 596 g/mol. The Morgan fingerprint density at radius 1 is 0.907 bits per heavy atom. The number of fused-ring (bicyclic) bond motifs is 1. The van der Waals surface area contributed by atoms with Crippen molar-refractivity contribution >= 4 is 29.6 Å². The zero-order valence-electron chi connectivity index (χ0n) is 25.1. The molecule has 0 saturated heterocycles. The average Bonchev–Trinajstić information content (AvgIpc) is 3.13. The molecule has 0 saturated carbocycles. The molecule has 0 unspecified atom stereocenters. The summed E-state index contributed by atoms with van der Waals surface area (Å²) in [6, 6.07) is 15.7. The average molecular weight is 597 g/mol. The maximum absolute atomic E-state index is 13.7. The first-order chi connectivity index (χ1) is 20.9. The van der Waals surface area contributed by atoms with E-state index in [2.05, 4.69) is 16.0 Å². The molecule has 2 aromatic carbocycles. The lowest BCUT2D eigenvalue weighted by atomic mass is 10.0. The molecule has 11 nitrogen and oxygen atoms in total. The first-order valence-corrected chi connectivity index (χ1v) is 15.1. The highest BCUT2D eigenvalue weighted by Gasteiger charge is 2.34. The predicted octanol–water partition coefficient (Wildman–Crippen LogP) is 3.11. The quantitative estimate of drug-likeness (QED) is 0.143. The molecule has 2 amide bonds. The Morgan fingerprint density at radius 2 is 1.65 bits per heavy atom. The van der Waals surface area contributed by atoms with Crippen molar-refractivity contribution in [3.8, 4) is 0 Å². The molecule has 0 fully saturated rings. The molecular weight excluding hydrogens is 552 g/mol. The van der Waals surface area contributed by atoms with Crippen LogP contribution < -0.4 is 20.9 Å². The highest BCUT2D eigenvalue weighted by atomic mass is 16.5. The number of unbranched alkanes of at least 4 members (excludes halogenated alkanes) is 1. The van der Waals surface area contributed by atoms with Crippen LogP contribution in [0.5, 0.6) is 0 Å². The van der Waals surface area contributed by atoms with Gasteiger partial charge in [-0.2, -0.15) is 0 Å². The minimum absolute atomic E-state index is 0.197. The molecule has 3 N–H and O–H groups in total. The van der Waals surface area contributed by atoms with Gasteiger partial charge in [0.1, 0.15) is 19.2 Å². The lowest BCUT2D eigenvalue weighted by Crippen LogP contribution is -2.53. The van der Waals surface area contributed by atoms with Crippen molar-refractivity contribution in [1.82, 2.24) is 16.0 Å². The van der Waals surface area contributed by atoms with Gasteiger partial charge < -0.3 is 24.8 Å². The van der Waals surface area contributed by atoms with E-state index in [9.17, 15) is 19.2 Å². The van der Waals surface area contributed by atoms with E-state index in [4.69, 9.17) is 14.2 Å². The topological polar surface area (TPSA) is 135 Å². The number of rotatable bonds is 17. The summed E-state index contributed by atoms with van der Waals surface area (Å²) < 4.78 is 15.6. The van der Waals surface area contributed by atoms with Crippen molar-refractivity contribution in [2.45, 2.75) is 64.6 Å². The fourth-order valence-corrected chi connectivity index (χ4v) is 4.87. The molecule has 0 radical (unpaired) electrons. The minimum Gasteiger partial charge on any atom is -0.465 e. The summed E-state index contributed by atoms with van der Waals surface area (Å²) in [5.74, 6) is -1.16. The van der Waals surface area contributed by atoms with Gasteiger partial charge >= 0.3 is 18.0 Å². The van der Waals surface area contributed by atoms with Gasteiger partial charge in [0.2, 0.25) is 5.91 Å². The molecule has 11 heteroatoms. The number of nitrogens with one attached hydrogen (secondary N) is 3. The molecule has 1 aliphatic heterocycles. The maximum atomic E-state index is 13.7. The fraction of sp³-hybridized carbons (Fsp3) is 0.500. The fourth-order valence-electron chi connectivity index (χ4n) is 4.87. The van der Waals surface area contributed by atoms with E-state index in [1.807, 2.05) is 54.6 Å². The molecule has 0 spiro atoms. The number of amides is 2. The van der Waals surface area contributed by atoms with Crippen LogP contribution in [0.3, 0.4) is 0 Å². The van der Waals surface area contributed by atoms with Crippen LogP contribution in [0.1, 0.15) is 50.7 Å². The third-order valence-corrected chi connectivity index (χ3v) is 7.00. The standard InChI is InChI=1S/C32H44N4O7/c1-3-41-29(37)22-36-28-16-9-8-14-25(28)17-18-26(30(36)38)35-27(31(39)42-4-2)15-10-11-19-33-20-21-34-32(40)43-23-24-12-6-5-7-13-24/h5-9,12-14,16,26-27,33,35H,3-4,10-11,15,17-23H2,1-2H3,(H,34,40)/t26-,27-/m0/s1. The number of para-hydroxylation sites is 1. The number of esters is 2. The van der Waals surface area contributed by atoms with Crippen molar-refractivity contribution in [3.63, 3.8) is 0 Å². The number of alkyl carbamates (subject to hydrolysis) is 1. The highest BCUT2D eigenvalue weighted by molar-refractivity contribution is 6.02. The highest BCUT2D eigenvalue weighted by Crippen LogP contribution is 2.27. The van der Waals surface area contributed by atoms with Crippen molar-refractivity contribution in [1.29, 1.82) is 0 Å². The third-order valence-electron chi connectivity index (χ3n) is 7.00. The lowest BCUT2D eigenvalue weighted by molar-refractivity contribution is -0.146. The van der Waals surface area contributed by atoms with Gasteiger partial charge in [-0.1, -0.05) is 55.0 Å². The number of carbonyl (C=O) groups is 4. The summed E-state index contributed by atoms with van der Waals surface area (Å²) in [6.07, 6.45) is 2.61. The second-order valence-corrected chi connectivity index (χ2v) is 10.2. The number of hydrogen-bond acceptors (Lipinski definition) is 9. The van der Waals surface area contributed by atoms with Crippen molar-refractivity contribution in [2.24, 2.45) is 0 Å². The zero-order chi connectivity index (χ0) is 30.9. The Hall–Kier alpha value is -3.96. The Balaban J connectivity index is 1.45. The zero-order valence-corrected chi connectivity index (χ0v) is 25.1. The summed E-state index contributed by atoms with van der Waals surface area (Å²) in [6.45, 7) is 5.65. The summed E-state index contributed by atoms with van der Waals surface area (Å²) in [5.41, 5.74) is 2.57. The second-order valence-electron chi connectivity index (χ2n) is 10.2. The molecule has 1 heterocycles. The van der Waals surface area contributed by atoms with Crippen molar-refractivity contribution in [3.05, 3.63) is 65.7 Å².